The highest BCUT2D eigenvalue weighted by Gasteiger charge is 2.17. The van der Waals surface area contributed by atoms with Crippen molar-refractivity contribution in [3.05, 3.63) is 124 Å². The molecule has 0 radical (unpaired) electrons. The van der Waals surface area contributed by atoms with E-state index in [9.17, 15) is 19.8 Å². The van der Waals surface area contributed by atoms with Crippen LogP contribution in [0, 0.1) is 5.92 Å². The van der Waals surface area contributed by atoms with Gasteiger partial charge in [-0.25, -0.2) is 0 Å². The van der Waals surface area contributed by atoms with E-state index in [0.29, 0.717) is 24.3 Å². The van der Waals surface area contributed by atoms with E-state index < -0.39 is 6.79 Å². The Hall–Kier alpha value is -4.50. The molecule has 51 heavy (non-hydrogen) atoms. The van der Waals surface area contributed by atoms with Crippen molar-refractivity contribution in [2.45, 2.75) is 83.7 Å². The SMILES string of the molecule is CNCC(C)CCCCCC(=O)CC(=O)C=Cc1cc(OCO)c(O)cc1CC1=CNC(N)C=C1CCc1cccc(CCc2ccccc2)c1. The van der Waals surface area contributed by atoms with Crippen molar-refractivity contribution in [3.8, 4) is 11.5 Å². The summed E-state index contributed by atoms with van der Waals surface area (Å²) in [5.74, 6) is 0.262. The third-order valence-electron chi connectivity index (χ3n) is 9.31. The third-order valence-corrected chi connectivity index (χ3v) is 9.31. The number of hydrogen-bond acceptors (Lipinski definition) is 8. The quantitative estimate of drug-likeness (QED) is 0.0339. The molecule has 3 aromatic rings. The van der Waals surface area contributed by atoms with Crippen LogP contribution in [-0.2, 0) is 35.3 Å². The molecule has 4 rings (SSSR count). The van der Waals surface area contributed by atoms with Crippen molar-refractivity contribution in [1.29, 1.82) is 0 Å². The molecule has 1 aliphatic heterocycles. The second-order valence-electron chi connectivity index (χ2n) is 13.6. The molecule has 2 unspecified atom stereocenters. The summed E-state index contributed by atoms with van der Waals surface area (Å²) in [6.45, 7) is 2.60. The van der Waals surface area contributed by atoms with E-state index in [0.717, 1.165) is 74.6 Å². The fraction of sp³-hybridized carbons (Fsp3) is 0.395. The summed E-state index contributed by atoms with van der Waals surface area (Å²) in [7, 11) is 1.96. The zero-order valence-corrected chi connectivity index (χ0v) is 30.2. The van der Waals surface area contributed by atoms with Gasteiger partial charge in [-0.1, -0.05) is 80.4 Å². The number of Topliss-reactive ketones (excluding diaryl/α,β-unsaturated/α-hetero) is 1. The minimum absolute atomic E-state index is 0.0607. The molecule has 2 atom stereocenters. The number of nitrogens with one attached hydrogen (secondary N) is 2. The number of ether oxygens (including phenoxy) is 1. The summed E-state index contributed by atoms with van der Waals surface area (Å²) in [4.78, 5) is 25.4. The standard InChI is InChI=1S/C43H55N3O5/c1-31(28-45-2)10-5-3-8-15-39(48)27-40(49)21-20-35-25-42(51-30-47)41(50)24-37(35)23-38-29-46-43(44)26-36(38)19-18-34-14-9-13-33(22-34)17-16-32-11-6-4-7-12-32/h4,6-7,9,11-14,20-22,24-26,29,31,43,45-47,50H,3,5,8,10,15-19,23,27-28,30,44H2,1-2H3. The van der Waals surface area contributed by atoms with Gasteiger partial charge < -0.3 is 31.3 Å². The molecule has 8 heteroatoms. The molecular weight excluding hydrogens is 638 g/mol. The summed E-state index contributed by atoms with van der Waals surface area (Å²) in [5, 5.41) is 26.5. The van der Waals surface area contributed by atoms with Gasteiger partial charge in [0.25, 0.3) is 0 Å². The number of allylic oxidation sites excluding steroid dienone is 3. The first-order valence-electron chi connectivity index (χ1n) is 18.2. The molecule has 8 nitrogen and oxygen atoms in total. The Balaban J connectivity index is 1.39. The van der Waals surface area contributed by atoms with Crippen LogP contribution in [0.1, 0.15) is 79.7 Å². The van der Waals surface area contributed by atoms with Crippen LogP contribution in [0.2, 0.25) is 0 Å². The Kier molecular flexibility index (Phi) is 16.2. The average molecular weight is 694 g/mol. The maximum absolute atomic E-state index is 12.8. The van der Waals surface area contributed by atoms with Crippen molar-refractivity contribution in [1.82, 2.24) is 10.6 Å². The summed E-state index contributed by atoms with van der Waals surface area (Å²) in [6.07, 6.45) is 15.0. The molecule has 0 saturated heterocycles. The van der Waals surface area contributed by atoms with Crippen LogP contribution in [0.4, 0.5) is 0 Å². The normalized spacial score (nSPS) is 14.9. The lowest BCUT2D eigenvalue weighted by atomic mass is 9.89. The predicted octanol–water partition coefficient (Wildman–Crippen LogP) is 6.73. The summed E-state index contributed by atoms with van der Waals surface area (Å²) in [5.41, 5.74) is 13.7. The van der Waals surface area contributed by atoms with Gasteiger partial charge >= 0.3 is 0 Å². The van der Waals surface area contributed by atoms with E-state index in [4.69, 9.17) is 10.5 Å². The lowest BCUT2D eigenvalue weighted by molar-refractivity contribution is -0.124. The topological polar surface area (TPSA) is 134 Å². The molecule has 6 N–H and O–H groups in total. The first-order valence-corrected chi connectivity index (χ1v) is 18.2. The van der Waals surface area contributed by atoms with Crippen LogP contribution in [0.15, 0.2) is 96.2 Å². The smallest absolute Gasteiger partial charge is 0.186 e. The maximum atomic E-state index is 12.8. The molecule has 272 valence electrons. The van der Waals surface area contributed by atoms with Crippen LogP contribution in [0.25, 0.3) is 6.08 Å². The molecule has 0 amide bonds. The van der Waals surface area contributed by atoms with Crippen molar-refractivity contribution >= 4 is 17.6 Å². The van der Waals surface area contributed by atoms with Gasteiger partial charge in [-0.15, -0.1) is 0 Å². The molecule has 0 aromatic heterocycles. The van der Waals surface area contributed by atoms with Gasteiger partial charge in [0.2, 0.25) is 0 Å². The summed E-state index contributed by atoms with van der Waals surface area (Å²) in [6, 6.07) is 22.5. The highest BCUT2D eigenvalue weighted by atomic mass is 16.6. The van der Waals surface area contributed by atoms with E-state index in [1.807, 2.05) is 25.4 Å². The van der Waals surface area contributed by atoms with Gasteiger partial charge in [-0.05, 0) is 128 Å². The molecule has 0 bridgehead atoms. The number of benzene rings is 3. The van der Waals surface area contributed by atoms with Crippen LogP contribution in [0.5, 0.6) is 11.5 Å². The Morgan fingerprint density at radius 1 is 0.941 bits per heavy atom. The number of carbonyl (C=O) groups excluding carboxylic acids is 2. The Morgan fingerprint density at radius 2 is 1.67 bits per heavy atom. The fourth-order valence-electron chi connectivity index (χ4n) is 6.52. The van der Waals surface area contributed by atoms with Gasteiger partial charge in [0, 0.05) is 12.6 Å². The highest BCUT2D eigenvalue weighted by Crippen LogP contribution is 2.34. The van der Waals surface area contributed by atoms with Crippen molar-refractivity contribution in [2.24, 2.45) is 11.7 Å². The molecule has 0 saturated carbocycles. The number of carbonyl (C=O) groups is 2. The molecule has 0 spiro atoms. The van der Waals surface area contributed by atoms with Gasteiger partial charge in [0.15, 0.2) is 24.1 Å². The lowest BCUT2D eigenvalue weighted by Crippen LogP contribution is -2.35. The molecule has 1 heterocycles. The van der Waals surface area contributed by atoms with E-state index >= 15 is 0 Å². The van der Waals surface area contributed by atoms with Gasteiger partial charge in [-0.2, -0.15) is 0 Å². The minimum atomic E-state index is -0.606. The number of aryl methyl sites for hydroxylation is 3. The number of rotatable bonds is 22. The summed E-state index contributed by atoms with van der Waals surface area (Å²) >= 11 is 0. The second-order valence-corrected chi connectivity index (χ2v) is 13.6. The lowest BCUT2D eigenvalue weighted by Gasteiger charge is -2.23. The number of hydrogen-bond donors (Lipinski definition) is 5. The number of aromatic hydroxyl groups is 1. The predicted molar refractivity (Wildman–Crippen MR) is 205 cm³/mol. The Morgan fingerprint density at radius 3 is 2.41 bits per heavy atom. The van der Waals surface area contributed by atoms with Crippen LogP contribution in [-0.4, -0.2) is 48.3 Å². The number of aliphatic hydroxyl groups is 1. The number of phenols is 1. The number of aliphatic hydroxyl groups excluding tert-OH is 1. The van der Waals surface area contributed by atoms with Crippen molar-refractivity contribution < 1.29 is 24.5 Å². The number of unbranched alkanes of at least 4 members (excludes halogenated alkanes) is 2. The largest absolute Gasteiger partial charge is 0.504 e. The van der Waals surface area contributed by atoms with Gasteiger partial charge in [0.1, 0.15) is 5.78 Å². The zero-order chi connectivity index (χ0) is 36.4. The second kappa shape index (κ2) is 21.0. The zero-order valence-electron chi connectivity index (χ0n) is 30.2. The first-order chi connectivity index (χ1) is 24.7. The van der Waals surface area contributed by atoms with Crippen molar-refractivity contribution in [3.63, 3.8) is 0 Å². The minimum Gasteiger partial charge on any atom is -0.504 e. The van der Waals surface area contributed by atoms with Gasteiger partial charge in [-0.3, -0.25) is 9.59 Å². The number of phenolic OH excluding ortho intramolecular Hbond substituents is 1. The average Bonchev–Trinajstić information content (AvgIpc) is 3.12. The third kappa shape index (κ3) is 13.6. The Labute approximate surface area is 303 Å². The first kappa shape index (κ1) is 39.3. The van der Waals surface area contributed by atoms with Crippen LogP contribution < -0.4 is 21.1 Å². The molecule has 0 aliphatic carbocycles. The molecule has 0 fully saturated rings. The fourth-order valence-corrected chi connectivity index (χ4v) is 6.52. The van der Waals surface area contributed by atoms with Crippen LogP contribution in [0.3, 0.4) is 0 Å². The summed E-state index contributed by atoms with van der Waals surface area (Å²) < 4.78 is 5.24. The van der Waals surface area contributed by atoms with E-state index in [-0.39, 0.29) is 35.7 Å². The molecular formula is C43H55N3O5. The van der Waals surface area contributed by atoms with E-state index in [1.54, 1.807) is 18.2 Å². The highest BCUT2D eigenvalue weighted by molar-refractivity contribution is 6.06. The number of ketones is 2. The monoisotopic (exact) mass is 693 g/mol. The van der Waals surface area contributed by atoms with Gasteiger partial charge in [0.05, 0.1) is 12.6 Å². The van der Waals surface area contributed by atoms with Crippen LogP contribution >= 0.6 is 0 Å². The number of nitrogens with two attached hydrogens (primary N) is 1. The maximum Gasteiger partial charge on any atom is 0.186 e. The Bertz CT molecular complexity index is 1660. The number of dihydropyridines is 1. The van der Waals surface area contributed by atoms with E-state index in [2.05, 4.69) is 66.1 Å². The van der Waals surface area contributed by atoms with Crippen molar-refractivity contribution in [2.75, 3.05) is 20.4 Å². The molecule has 1 aliphatic rings. The molecule has 3 aromatic carbocycles. The van der Waals surface area contributed by atoms with E-state index in [1.165, 1.54) is 22.8 Å².